The smallest absolute Gasteiger partial charge is 0.311 e. The normalized spacial score (nSPS) is 25.5. The SMILES string of the molecule is Cc1cc(C)c(C2C(=O)C(=CC3CCC(OCc4ccccc4)CC3)CC2OC(=O)C(C)(C)C)c(C)c1. The first-order valence-corrected chi connectivity index (χ1v) is 13.7. The van der Waals surface area contributed by atoms with Gasteiger partial charge < -0.3 is 9.47 Å². The van der Waals surface area contributed by atoms with Crippen LogP contribution < -0.4 is 0 Å². The average Bonchev–Trinajstić information content (AvgIpc) is 3.12. The van der Waals surface area contributed by atoms with E-state index in [9.17, 15) is 9.59 Å². The van der Waals surface area contributed by atoms with Crippen molar-refractivity contribution in [3.8, 4) is 0 Å². The molecule has 0 radical (unpaired) electrons. The fraction of sp³-hybridized carbons (Fsp3) is 0.515. The number of benzene rings is 2. The minimum absolute atomic E-state index is 0.115. The maximum Gasteiger partial charge on any atom is 0.311 e. The molecule has 0 aliphatic heterocycles. The van der Waals surface area contributed by atoms with Crippen molar-refractivity contribution in [1.29, 1.82) is 0 Å². The van der Waals surface area contributed by atoms with Gasteiger partial charge >= 0.3 is 5.97 Å². The predicted molar refractivity (Wildman–Crippen MR) is 147 cm³/mol. The molecule has 4 rings (SSSR count). The predicted octanol–water partition coefficient (Wildman–Crippen LogP) is 7.33. The molecule has 2 unspecified atom stereocenters. The van der Waals surface area contributed by atoms with Crippen molar-refractivity contribution in [2.75, 3.05) is 0 Å². The summed E-state index contributed by atoms with van der Waals surface area (Å²) >= 11 is 0. The molecule has 2 aromatic carbocycles. The summed E-state index contributed by atoms with van der Waals surface area (Å²) in [5.41, 5.74) is 5.78. The third-order valence-corrected chi connectivity index (χ3v) is 7.80. The van der Waals surface area contributed by atoms with Gasteiger partial charge in [0, 0.05) is 6.42 Å². The van der Waals surface area contributed by atoms with Crippen molar-refractivity contribution >= 4 is 11.8 Å². The van der Waals surface area contributed by atoms with Crippen LogP contribution in [0.1, 0.15) is 86.6 Å². The molecule has 0 aromatic heterocycles. The van der Waals surface area contributed by atoms with Gasteiger partial charge in [-0.2, -0.15) is 0 Å². The van der Waals surface area contributed by atoms with Crippen LogP contribution in [0.2, 0.25) is 0 Å². The highest BCUT2D eigenvalue weighted by Crippen LogP contribution is 2.42. The Morgan fingerprint density at radius 2 is 1.59 bits per heavy atom. The van der Waals surface area contributed by atoms with Crippen LogP contribution in [0.4, 0.5) is 0 Å². The number of carbonyl (C=O) groups excluding carboxylic acids is 2. The molecule has 0 bridgehead atoms. The van der Waals surface area contributed by atoms with Crippen molar-refractivity contribution in [1.82, 2.24) is 0 Å². The van der Waals surface area contributed by atoms with E-state index in [1.54, 1.807) is 0 Å². The third kappa shape index (κ3) is 6.59. The second-order valence-corrected chi connectivity index (χ2v) is 12.1. The van der Waals surface area contributed by atoms with Gasteiger partial charge in [-0.25, -0.2) is 0 Å². The van der Waals surface area contributed by atoms with Gasteiger partial charge in [0.25, 0.3) is 0 Å². The summed E-state index contributed by atoms with van der Waals surface area (Å²) in [6.07, 6.45) is 6.49. The molecular weight excluding hydrogens is 460 g/mol. The van der Waals surface area contributed by atoms with Gasteiger partial charge in [-0.3, -0.25) is 9.59 Å². The van der Waals surface area contributed by atoms with Gasteiger partial charge in [0.2, 0.25) is 0 Å². The zero-order chi connectivity index (χ0) is 26.7. The van der Waals surface area contributed by atoms with Crippen molar-refractivity contribution in [2.45, 2.75) is 98.4 Å². The summed E-state index contributed by atoms with van der Waals surface area (Å²) in [4.78, 5) is 26.7. The first-order valence-electron chi connectivity index (χ1n) is 13.7. The molecule has 0 saturated heterocycles. The number of aryl methyl sites for hydroxylation is 3. The molecule has 2 aliphatic carbocycles. The van der Waals surface area contributed by atoms with Gasteiger partial charge in [-0.1, -0.05) is 54.1 Å². The molecule has 0 heterocycles. The maximum atomic E-state index is 13.9. The lowest BCUT2D eigenvalue weighted by molar-refractivity contribution is -0.159. The largest absolute Gasteiger partial charge is 0.460 e. The fourth-order valence-corrected chi connectivity index (χ4v) is 5.87. The molecule has 2 fully saturated rings. The van der Waals surface area contributed by atoms with E-state index in [1.807, 2.05) is 39.0 Å². The Morgan fingerprint density at radius 1 is 0.973 bits per heavy atom. The Kier molecular flexibility index (Phi) is 8.38. The lowest BCUT2D eigenvalue weighted by Crippen LogP contribution is -2.31. The van der Waals surface area contributed by atoms with E-state index in [4.69, 9.17) is 9.47 Å². The summed E-state index contributed by atoms with van der Waals surface area (Å²) in [6, 6.07) is 14.5. The minimum Gasteiger partial charge on any atom is -0.460 e. The number of Topliss-reactive ketones (excluding diaryl/α,β-unsaturated/α-hetero) is 1. The van der Waals surface area contributed by atoms with Crippen molar-refractivity contribution in [3.63, 3.8) is 0 Å². The second-order valence-electron chi connectivity index (χ2n) is 12.1. The molecule has 2 aromatic rings. The van der Waals surface area contributed by atoms with Crippen LogP contribution in [0.25, 0.3) is 0 Å². The zero-order valence-corrected chi connectivity index (χ0v) is 23.3. The van der Waals surface area contributed by atoms with Gasteiger partial charge in [0.1, 0.15) is 6.10 Å². The molecule has 0 N–H and O–H groups in total. The molecule has 0 amide bonds. The van der Waals surface area contributed by atoms with Gasteiger partial charge in [0.15, 0.2) is 5.78 Å². The number of carbonyl (C=O) groups is 2. The Hall–Kier alpha value is -2.72. The van der Waals surface area contributed by atoms with Crippen molar-refractivity contribution in [2.24, 2.45) is 11.3 Å². The zero-order valence-electron chi connectivity index (χ0n) is 23.3. The highest BCUT2D eigenvalue weighted by atomic mass is 16.5. The standard InChI is InChI=1S/C33H42O4/c1-21-16-22(2)29(23(3)17-21)30-28(37-32(35)33(4,5)6)19-26(31(30)34)18-24-12-14-27(15-13-24)36-20-25-10-8-7-9-11-25/h7-11,16-18,24,27-28,30H,12-15,19-20H2,1-6H3. The van der Waals surface area contributed by atoms with Crippen LogP contribution in [0.5, 0.6) is 0 Å². The Bertz CT molecular complexity index is 1120. The second kappa shape index (κ2) is 11.3. The van der Waals surface area contributed by atoms with Gasteiger partial charge in [0.05, 0.1) is 24.0 Å². The Labute approximate surface area is 222 Å². The molecule has 4 heteroatoms. The van der Waals surface area contributed by atoms with Gasteiger partial charge in [-0.15, -0.1) is 0 Å². The average molecular weight is 503 g/mol. The molecular formula is C33H42O4. The van der Waals surface area contributed by atoms with E-state index < -0.39 is 17.4 Å². The topological polar surface area (TPSA) is 52.6 Å². The van der Waals surface area contributed by atoms with Crippen LogP contribution >= 0.6 is 0 Å². The quantitative estimate of drug-likeness (QED) is 0.307. The van der Waals surface area contributed by atoms with Crippen LogP contribution in [-0.2, 0) is 25.7 Å². The van der Waals surface area contributed by atoms with E-state index in [0.717, 1.165) is 47.9 Å². The van der Waals surface area contributed by atoms with Crippen LogP contribution in [0.3, 0.4) is 0 Å². The number of rotatable bonds is 6. The molecule has 4 nitrogen and oxygen atoms in total. The van der Waals surface area contributed by atoms with Crippen LogP contribution in [0, 0.1) is 32.1 Å². The van der Waals surface area contributed by atoms with E-state index in [-0.39, 0.29) is 17.9 Å². The third-order valence-electron chi connectivity index (χ3n) is 7.80. The number of hydrogen-bond donors (Lipinski definition) is 0. The first kappa shape index (κ1) is 27.3. The van der Waals surface area contributed by atoms with E-state index >= 15 is 0 Å². The number of esters is 1. The fourth-order valence-electron chi connectivity index (χ4n) is 5.87. The van der Waals surface area contributed by atoms with Gasteiger partial charge in [-0.05, 0) is 101 Å². The van der Waals surface area contributed by atoms with Crippen LogP contribution in [-0.4, -0.2) is 24.0 Å². The van der Waals surface area contributed by atoms with Crippen molar-refractivity contribution < 1.29 is 19.1 Å². The van der Waals surface area contributed by atoms with Crippen LogP contribution in [0.15, 0.2) is 54.1 Å². The highest BCUT2D eigenvalue weighted by Gasteiger charge is 2.44. The molecule has 2 saturated carbocycles. The number of allylic oxidation sites excluding steroid dienone is 1. The first-order chi connectivity index (χ1) is 17.5. The minimum atomic E-state index is -0.616. The summed E-state index contributed by atoms with van der Waals surface area (Å²) in [5, 5.41) is 0. The van der Waals surface area contributed by atoms with E-state index in [0.29, 0.717) is 18.9 Å². The lowest BCUT2D eigenvalue weighted by atomic mass is 9.84. The van der Waals surface area contributed by atoms with Crippen molar-refractivity contribution in [3.05, 3.63) is 81.9 Å². The molecule has 198 valence electrons. The summed E-state index contributed by atoms with van der Waals surface area (Å²) < 4.78 is 12.2. The number of hydrogen-bond acceptors (Lipinski definition) is 4. The van der Waals surface area contributed by atoms with E-state index in [2.05, 4.69) is 51.1 Å². The summed E-state index contributed by atoms with van der Waals surface area (Å²) in [5.74, 6) is -0.226. The molecule has 2 aliphatic rings. The number of ketones is 1. The summed E-state index contributed by atoms with van der Waals surface area (Å²) in [6.45, 7) is 12.4. The van der Waals surface area contributed by atoms with E-state index in [1.165, 1.54) is 11.1 Å². The Morgan fingerprint density at radius 3 is 2.19 bits per heavy atom. The monoisotopic (exact) mass is 502 g/mol. The molecule has 37 heavy (non-hydrogen) atoms. The highest BCUT2D eigenvalue weighted by molar-refractivity contribution is 6.04. The molecule has 0 spiro atoms. The number of ether oxygens (including phenoxy) is 2. The maximum absolute atomic E-state index is 13.9. The lowest BCUT2D eigenvalue weighted by Gasteiger charge is -2.27. The summed E-state index contributed by atoms with van der Waals surface area (Å²) in [7, 11) is 0. The molecule has 2 atom stereocenters. The Balaban J connectivity index is 1.48.